The number of hydrogen-bond donors (Lipinski definition) is 2. The van der Waals surface area contributed by atoms with Crippen LogP contribution in [0.5, 0.6) is 0 Å². The van der Waals surface area contributed by atoms with E-state index in [-0.39, 0.29) is 0 Å². The first-order valence-electron chi connectivity index (χ1n) is 14.1. The quantitative estimate of drug-likeness (QED) is 0.0904. The maximum atomic E-state index is 5.65. The van der Waals surface area contributed by atoms with Crippen LogP contribution < -0.4 is 11.5 Å². The van der Waals surface area contributed by atoms with Crippen LogP contribution in [-0.4, -0.2) is 128 Å². The summed E-state index contributed by atoms with van der Waals surface area (Å²) in [5.41, 5.74) is 10.8. The molecule has 0 amide bonds. The van der Waals surface area contributed by atoms with Crippen LogP contribution in [0.2, 0.25) is 18.1 Å². The van der Waals surface area contributed by atoms with Crippen LogP contribution in [0.3, 0.4) is 0 Å². The van der Waals surface area contributed by atoms with Crippen molar-refractivity contribution in [2.45, 2.75) is 64.3 Å². The van der Waals surface area contributed by atoms with Crippen LogP contribution in [0.25, 0.3) is 0 Å². The van der Waals surface area contributed by atoms with Crippen molar-refractivity contribution >= 4 is 26.4 Å². The Hall–Kier alpha value is 0.131. The molecule has 13 nitrogen and oxygen atoms in total. The lowest BCUT2D eigenvalue weighted by Crippen LogP contribution is -2.46. The molecule has 0 aliphatic carbocycles. The summed E-state index contributed by atoms with van der Waals surface area (Å²) in [7, 11) is 2.58. The number of rotatable bonds is 24. The molecule has 1 fully saturated rings. The first kappa shape index (κ1) is 42.3. The Labute approximate surface area is 246 Å². The minimum absolute atomic E-state index is 0.333. The molecule has 0 bridgehead atoms. The van der Waals surface area contributed by atoms with Crippen molar-refractivity contribution in [3.8, 4) is 0 Å². The van der Waals surface area contributed by atoms with Crippen molar-refractivity contribution in [1.29, 1.82) is 0 Å². The summed E-state index contributed by atoms with van der Waals surface area (Å²) in [6.07, 6.45) is 2.99. The molecule has 1 aliphatic heterocycles. The van der Waals surface area contributed by atoms with E-state index in [2.05, 4.69) is 0 Å². The maximum Gasteiger partial charge on any atom is 0.500 e. The molecule has 0 aromatic heterocycles. The lowest BCUT2D eigenvalue weighted by atomic mass is 10.5. The normalized spacial score (nSPS) is 15.2. The Balaban J connectivity index is 0. The largest absolute Gasteiger partial charge is 0.500 e. The Morgan fingerprint density at radius 2 is 0.950 bits per heavy atom. The summed E-state index contributed by atoms with van der Waals surface area (Å²) in [6, 6.07) is 2.38. The number of epoxide rings is 1. The van der Waals surface area contributed by atoms with Gasteiger partial charge in [-0.15, -0.1) is 0 Å². The van der Waals surface area contributed by atoms with Gasteiger partial charge in [0.1, 0.15) is 6.10 Å². The van der Waals surface area contributed by atoms with Gasteiger partial charge in [0.2, 0.25) is 0 Å². The Bertz CT molecular complexity index is 515. The van der Waals surface area contributed by atoms with Gasteiger partial charge < -0.3 is 60.8 Å². The lowest BCUT2D eigenvalue weighted by Gasteiger charge is -2.28. The summed E-state index contributed by atoms with van der Waals surface area (Å²) < 4.78 is 58.8. The number of ether oxygens (including phenoxy) is 2. The Morgan fingerprint density at radius 3 is 1.25 bits per heavy atom. The molecule has 0 saturated carbocycles. The first-order valence-corrected chi connectivity index (χ1v) is 19.9. The first-order chi connectivity index (χ1) is 19.2. The molecule has 16 heteroatoms. The van der Waals surface area contributed by atoms with Crippen molar-refractivity contribution in [2.24, 2.45) is 11.5 Å². The van der Waals surface area contributed by atoms with Gasteiger partial charge in [0, 0.05) is 87.2 Å². The molecule has 0 aromatic rings. The fourth-order valence-electron chi connectivity index (χ4n) is 3.52. The monoisotopic (exact) mass is 636 g/mol. The molecule has 244 valence electrons. The van der Waals surface area contributed by atoms with E-state index in [1.807, 2.05) is 20.8 Å². The highest BCUT2D eigenvalue weighted by Gasteiger charge is 2.39. The lowest BCUT2D eigenvalue weighted by molar-refractivity contribution is 0.0709. The van der Waals surface area contributed by atoms with Gasteiger partial charge in [0.15, 0.2) is 0 Å². The molecular formula is C24H60N2O11Si3. The van der Waals surface area contributed by atoms with Crippen LogP contribution in [-0.2, 0) is 49.3 Å². The van der Waals surface area contributed by atoms with Crippen LogP contribution in [0.1, 0.15) is 40.0 Å². The summed E-state index contributed by atoms with van der Waals surface area (Å²) >= 11 is 0. The highest BCUT2D eigenvalue weighted by atomic mass is 28.4. The van der Waals surface area contributed by atoms with Gasteiger partial charge in [-0.05, 0) is 53.1 Å². The molecule has 0 spiro atoms. The Kier molecular flexibility index (Phi) is 28.2. The Morgan fingerprint density at radius 1 is 0.600 bits per heavy atom. The zero-order chi connectivity index (χ0) is 30.8. The van der Waals surface area contributed by atoms with E-state index in [4.69, 9.17) is 60.8 Å². The molecule has 1 atom stereocenters. The minimum atomic E-state index is -2.40. The summed E-state index contributed by atoms with van der Waals surface area (Å²) in [5.74, 6) is 0. The van der Waals surface area contributed by atoms with E-state index in [0.717, 1.165) is 44.0 Å². The topological polar surface area (TPSA) is 157 Å². The summed E-state index contributed by atoms with van der Waals surface area (Å²) in [6.45, 7) is 11.3. The SMILES string of the molecule is CCO[Si](CCCN)(OCC)OCC.CO[Si](CCCN)(OC)OC.CO[Si](CCCOCC1CO1)(OC)OC. The van der Waals surface area contributed by atoms with E-state index >= 15 is 0 Å². The fraction of sp³-hybridized carbons (Fsp3) is 1.00. The van der Waals surface area contributed by atoms with E-state index in [9.17, 15) is 0 Å². The second kappa shape index (κ2) is 26.7. The molecule has 1 heterocycles. The van der Waals surface area contributed by atoms with Gasteiger partial charge in [0.25, 0.3) is 0 Å². The molecular weight excluding hydrogens is 577 g/mol. The predicted molar refractivity (Wildman–Crippen MR) is 161 cm³/mol. The van der Waals surface area contributed by atoms with E-state index in [0.29, 0.717) is 52.2 Å². The molecule has 1 saturated heterocycles. The van der Waals surface area contributed by atoms with Gasteiger partial charge in [-0.1, -0.05) is 0 Å². The standard InChI is InChI=1S/C9H23NO3Si.C9H20O5Si.C6H17NO3Si/c1-4-11-14(12-5-2,13-6-3)9-7-8-10;1-10-15(11-2,12-3)6-4-5-13-7-9-8-14-9;1-8-11(9-2,10-3)6-4-5-7/h4-10H2,1-3H3;9H,4-8H2,1-3H3;4-7H2,1-3H3. The number of hydrogen-bond acceptors (Lipinski definition) is 13. The second-order valence-electron chi connectivity index (χ2n) is 8.49. The van der Waals surface area contributed by atoms with Crippen molar-refractivity contribution in [2.75, 3.05) is 95.4 Å². The van der Waals surface area contributed by atoms with Gasteiger partial charge in [-0.3, -0.25) is 0 Å². The van der Waals surface area contributed by atoms with Gasteiger partial charge in [-0.25, -0.2) is 0 Å². The average Bonchev–Trinajstić information content (AvgIpc) is 3.81. The van der Waals surface area contributed by atoms with Gasteiger partial charge >= 0.3 is 26.4 Å². The zero-order valence-corrected chi connectivity index (χ0v) is 29.6. The predicted octanol–water partition coefficient (Wildman–Crippen LogP) is 2.27. The second-order valence-corrected chi connectivity index (χ2v) is 17.4. The molecule has 40 heavy (non-hydrogen) atoms. The third-order valence-corrected chi connectivity index (χ3v) is 14.6. The highest BCUT2D eigenvalue weighted by molar-refractivity contribution is 6.61. The van der Waals surface area contributed by atoms with Gasteiger partial charge in [-0.2, -0.15) is 0 Å². The molecule has 4 N–H and O–H groups in total. The molecule has 0 aromatic carbocycles. The van der Waals surface area contributed by atoms with Crippen LogP contribution in [0, 0.1) is 0 Å². The van der Waals surface area contributed by atoms with E-state index in [1.165, 1.54) is 0 Å². The third-order valence-electron chi connectivity index (χ3n) is 5.81. The summed E-state index contributed by atoms with van der Waals surface area (Å²) in [4.78, 5) is 0. The molecule has 1 unspecified atom stereocenters. The number of nitrogens with two attached hydrogens (primary N) is 2. The molecule has 1 rings (SSSR count). The van der Waals surface area contributed by atoms with Crippen LogP contribution >= 0.6 is 0 Å². The van der Waals surface area contributed by atoms with E-state index in [1.54, 1.807) is 42.7 Å². The maximum absolute atomic E-state index is 5.65. The van der Waals surface area contributed by atoms with Crippen molar-refractivity contribution in [3.63, 3.8) is 0 Å². The highest BCUT2D eigenvalue weighted by Crippen LogP contribution is 2.18. The van der Waals surface area contributed by atoms with Crippen molar-refractivity contribution in [3.05, 3.63) is 0 Å². The smallest absolute Gasteiger partial charge is 0.379 e. The summed E-state index contributed by atoms with van der Waals surface area (Å²) in [5, 5.41) is 0. The zero-order valence-electron chi connectivity index (χ0n) is 26.6. The van der Waals surface area contributed by atoms with Crippen molar-refractivity contribution < 1.29 is 49.3 Å². The fourth-order valence-corrected chi connectivity index (χ4v) is 9.60. The van der Waals surface area contributed by atoms with Gasteiger partial charge in [0.05, 0.1) is 13.2 Å². The minimum Gasteiger partial charge on any atom is -0.379 e. The molecule has 0 radical (unpaired) electrons. The van der Waals surface area contributed by atoms with Crippen LogP contribution in [0.15, 0.2) is 0 Å². The van der Waals surface area contributed by atoms with E-state index < -0.39 is 26.4 Å². The average molecular weight is 637 g/mol. The van der Waals surface area contributed by atoms with Crippen LogP contribution in [0.4, 0.5) is 0 Å². The van der Waals surface area contributed by atoms with Crippen molar-refractivity contribution in [1.82, 2.24) is 0 Å². The third kappa shape index (κ3) is 19.3. The molecule has 1 aliphatic rings.